The second-order valence-corrected chi connectivity index (χ2v) is 6.32. The van der Waals surface area contributed by atoms with Gasteiger partial charge in [-0.2, -0.15) is 0 Å². The van der Waals surface area contributed by atoms with Crippen LogP contribution in [0.1, 0.15) is 18.1 Å². The predicted octanol–water partition coefficient (Wildman–Crippen LogP) is 2.59. The second kappa shape index (κ2) is 7.47. The number of anilines is 1. The van der Waals surface area contributed by atoms with E-state index in [0.717, 1.165) is 16.8 Å². The molecule has 3 rings (SSSR count). The van der Waals surface area contributed by atoms with Gasteiger partial charge < -0.3 is 20.1 Å². The van der Waals surface area contributed by atoms with Crippen molar-refractivity contribution in [2.75, 3.05) is 11.9 Å². The van der Waals surface area contributed by atoms with Gasteiger partial charge in [0.2, 0.25) is 12.0 Å². The van der Waals surface area contributed by atoms with Crippen molar-refractivity contribution in [1.29, 1.82) is 0 Å². The van der Waals surface area contributed by atoms with E-state index in [2.05, 4.69) is 10.6 Å². The minimum Gasteiger partial charge on any atom is -0.482 e. The molecule has 1 heterocycles. The van der Waals surface area contributed by atoms with Gasteiger partial charge in [-0.3, -0.25) is 9.59 Å². The summed E-state index contributed by atoms with van der Waals surface area (Å²) >= 11 is 0. The van der Waals surface area contributed by atoms with Crippen molar-refractivity contribution in [2.45, 2.75) is 33.0 Å². The molecule has 1 aliphatic rings. The number of amides is 2. The Hall–Kier alpha value is -3.02. The van der Waals surface area contributed by atoms with Crippen LogP contribution in [-0.2, 0) is 9.59 Å². The lowest BCUT2D eigenvalue weighted by Crippen LogP contribution is -2.50. The number of rotatable bonds is 4. The minimum atomic E-state index is -0.807. The summed E-state index contributed by atoms with van der Waals surface area (Å²) in [5.74, 6) is 0.447. The Kier molecular flexibility index (Phi) is 5.11. The van der Waals surface area contributed by atoms with Gasteiger partial charge in [0.1, 0.15) is 6.10 Å². The quantitative estimate of drug-likeness (QED) is 0.885. The third-order valence-corrected chi connectivity index (χ3v) is 4.40. The Labute approximate surface area is 152 Å². The van der Waals surface area contributed by atoms with Crippen molar-refractivity contribution < 1.29 is 19.1 Å². The van der Waals surface area contributed by atoms with E-state index < -0.39 is 12.2 Å². The van der Waals surface area contributed by atoms with Gasteiger partial charge >= 0.3 is 0 Å². The van der Waals surface area contributed by atoms with Gasteiger partial charge in [0.05, 0.1) is 6.54 Å². The Morgan fingerprint density at radius 2 is 1.69 bits per heavy atom. The Morgan fingerprint density at radius 3 is 2.42 bits per heavy atom. The standard InChI is InChI=1S/C20H22N2O4/c1-12-7-6-8-15(13(12)2)22-18(23)11-21-20(24)19-14(3)25-16-9-4-5-10-17(16)26-19/h4-10,14,19H,11H2,1-3H3,(H,21,24)(H,22,23). The highest BCUT2D eigenvalue weighted by atomic mass is 16.6. The summed E-state index contributed by atoms with van der Waals surface area (Å²) in [6, 6.07) is 12.9. The number of benzene rings is 2. The van der Waals surface area contributed by atoms with E-state index in [9.17, 15) is 9.59 Å². The molecule has 2 aromatic carbocycles. The lowest BCUT2D eigenvalue weighted by molar-refractivity contribution is -0.134. The number of ether oxygens (including phenoxy) is 2. The molecule has 6 nitrogen and oxygen atoms in total. The maximum absolute atomic E-state index is 12.4. The summed E-state index contributed by atoms with van der Waals surface area (Å²) in [6.45, 7) is 5.54. The molecule has 2 atom stereocenters. The van der Waals surface area contributed by atoms with Crippen molar-refractivity contribution in [3.8, 4) is 11.5 Å². The van der Waals surface area contributed by atoms with Gasteiger partial charge in [0, 0.05) is 5.69 Å². The summed E-state index contributed by atoms with van der Waals surface area (Å²) in [5, 5.41) is 5.42. The third kappa shape index (κ3) is 3.79. The normalized spacial score (nSPS) is 18.1. The molecule has 0 spiro atoms. The van der Waals surface area contributed by atoms with Crippen LogP contribution in [0.5, 0.6) is 11.5 Å². The summed E-state index contributed by atoms with van der Waals surface area (Å²) in [7, 11) is 0. The molecule has 0 radical (unpaired) electrons. The average molecular weight is 354 g/mol. The van der Waals surface area contributed by atoms with Crippen molar-refractivity contribution >= 4 is 17.5 Å². The number of nitrogens with one attached hydrogen (secondary N) is 2. The Morgan fingerprint density at radius 1 is 1.00 bits per heavy atom. The molecule has 0 fully saturated rings. The predicted molar refractivity (Wildman–Crippen MR) is 98.5 cm³/mol. The van der Waals surface area contributed by atoms with E-state index in [1.54, 1.807) is 19.1 Å². The van der Waals surface area contributed by atoms with Crippen molar-refractivity contribution in [3.05, 3.63) is 53.6 Å². The molecule has 2 N–H and O–H groups in total. The highest BCUT2D eigenvalue weighted by Crippen LogP contribution is 2.33. The first-order valence-corrected chi connectivity index (χ1v) is 8.52. The highest BCUT2D eigenvalue weighted by molar-refractivity contribution is 5.96. The fourth-order valence-electron chi connectivity index (χ4n) is 2.76. The topological polar surface area (TPSA) is 76.7 Å². The molecule has 0 saturated heterocycles. The minimum absolute atomic E-state index is 0.138. The van der Waals surface area contributed by atoms with E-state index in [1.807, 2.05) is 44.2 Å². The van der Waals surface area contributed by atoms with Crippen molar-refractivity contribution in [2.24, 2.45) is 0 Å². The summed E-state index contributed by atoms with van der Waals surface area (Å²) in [4.78, 5) is 24.5. The van der Waals surface area contributed by atoms with Gasteiger partial charge in [-0.05, 0) is 50.1 Å². The molecular formula is C20H22N2O4. The molecule has 2 amide bonds. The van der Waals surface area contributed by atoms with Crippen LogP contribution in [0.15, 0.2) is 42.5 Å². The number of hydrogen-bond acceptors (Lipinski definition) is 4. The molecule has 2 aromatic rings. The largest absolute Gasteiger partial charge is 0.482 e. The molecule has 0 saturated carbocycles. The molecule has 6 heteroatoms. The van der Waals surface area contributed by atoms with Gasteiger partial charge in [-0.25, -0.2) is 0 Å². The lowest BCUT2D eigenvalue weighted by Gasteiger charge is -2.30. The zero-order chi connectivity index (χ0) is 18.7. The average Bonchev–Trinajstić information content (AvgIpc) is 2.63. The van der Waals surface area contributed by atoms with Gasteiger partial charge in [0.25, 0.3) is 5.91 Å². The molecule has 0 bridgehead atoms. The number of para-hydroxylation sites is 2. The second-order valence-electron chi connectivity index (χ2n) is 6.32. The van der Waals surface area contributed by atoms with E-state index in [0.29, 0.717) is 11.5 Å². The fourth-order valence-corrected chi connectivity index (χ4v) is 2.76. The molecule has 2 unspecified atom stereocenters. The zero-order valence-corrected chi connectivity index (χ0v) is 15.0. The van der Waals surface area contributed by atoms with Crippen LogP contribution in [0.25, 0.3) is 0 Å². The van der Waals surface area contributed by atoms with Crippen LogP contribution in [0, 0.1) is 13.8 Å². The number of carbonyl (C=O) groups is 2. The van der Waals surface area contributed by atoms with Crippen LogP contribution in [0.2, 0.25) is 0 Å². The zero-order valence-electron chi connectivity index (χ0n) is 15.0. The maximum atomic E-state index is 12.4. The van der Waals surface area contributed by atoms with E-state index >= 15 is 0 Å². The fraction of sp³-hybridized carbons (Fsp3) is 0.300. The monoisotopic (exact) mass is 354 g/mol. The lowest BCUT2D eigenvalue weighted by atomic mass is 10.1. The van der Waals surface area contributed by atoms with Crippen LogP contribution in [0.4, 0.5) is 5.69 Å². The van der Waals surface area contributed by atoms with Crippen molar-refractivity contribution in [1.82, 2.24) is 5.32 Å². The number of hydrogen-bond donors (Lipinski definition) is 2. The maximum Gasteiger partial charge on any atom is 0.265 e. The number of aryl methyl sites for hydroxylation is 1. The summed E-state index contributed by atoms with van der Waals surface area (Å²) < 4.78 is 11.4. The molecular weight excluding hydrogens is 332 g/mol. The van der Waals surface area contributed by atoms with Gasteiger partial charge in [0.15, 0.2) is 11.5 Å². The molecule has 26 heavy (non-hydrogen) atoms. The number of carbonyl (C=O) groups excluding carboxylic acids is 2. The Balaban J connectivity index is 1.57. The Bertz CT molecular complexity index is 834. The molecule has 136 valence electrons. The van der Waals surface area contributed by atoms with Gasteiger partial charge in [-0.1, -0.05) is 24.3 Å². The molecule has 1 aliphatic heterocycles. The first-order chi connectivity index (χ1) is 12.5. The smallest absolute Gasteiger partial charge is 0.265 e. The molecule has 0 aliphatic carbocycles. The highest BCUT2D eigenvalue weighted by Gasteiger charge is 2.34. The van der Waals surface area contributed by atoms with Crippen LogP contribution in [-0.4, -0.2) is 30.6 Å². The van der Waals surface area contributed by atoms with Crippen molar-refractivity contribution in [3.63, 3.8) is 0 Å². The van der Waals surface area contributed by atoms with Gasteiger partial charge in [-0.15, -0.1) is 0 Å². The molecule has 0 aromatic heterocycles. The van der Waals surface area contributed by atoms with E-state index in [4.69, 9.17) is 9.47 Å². The van der Waals surface area contributed by atoms with Crippen LogP contribution < -0.4 is 20.1 Å². The third-order valence-electron chi connectivity index (χ3n) is 4.40. The SMILES string of the molecule is Cc1cccc(NC(=O)CNC(=O)C2Oc3ccccc3OC2C)c1C. The summed E-state index contributed by atoms with van der Waals surface area (Å²) in [6.07, 6.45) is -1.26. The van der Waals surface area contributed by atoms with Crippen LogP contribution >= 0.6 is 0 Å². The number of fused-ring (bicyclic) bond motifs is 1. The van der Waals surface area contributed by atoms with E-state index in [1.165, 1.54) is 0 Å². The van der Waals surface area contributed by atoms with Crippen LogP contribution in [0.3, 0.4) is 0 Å². The summed E-state index contributed by atoms with van der Waals surface area (Å²) in [5.41, 5.74) is 2.83. The first-order valence-electron chi connectivity index (χ1n) is 8.52. The first kappa shape index (κ1) is 17.8. The van der Waals surface area contributed by atoms with E-state index in [-0.39, 0.29) is 18.4 Å².